The number of nitro groups is 1. The quantitative estimate of drug-likeness (QED) is 0.250. The number of aryl methyl sites for hydroxylation is 4. The Morgan fingerprint density at radius 1 is 1.09 bits per heavy atom. The van der Waals surface area contributed by atoms with E-state index in [4.69, 9.17) is 4.74 Å². The Morgan fingerprint density at radius 3 is 2.49 bits per heavy atom. The molecule has 10 heteroatoms. The summed E-state index contributed by atoms with van der Waals surface area (Å²) in [4.78, 5) is 42.0. The van der Waals surface area contributed by atoms with Crippen molar-refractivity contribution >= 4 is 34.3 Å². The number of hydrogen-bond acceptors (Lipinski definition) is 7. The maximum absolute atomic E-state index is 13.4. The molecule has 35 heavy (non-hydrogen) atoms. The van der Waals surface area contributed by atoms with E-state index < -0.39 is 22.9 Å². The minimum Gasteiger partial charge on any atom is -0.444 e. The SMILES string of the molecule is Cc1ccc(NC(=O)C(OC(=O)c2cc(C)nc3c2c(C)nn3C)c2ccccc2)c([N+](=O)[O-])c1. The van der Waals surface area contributed by atoms with Crippen LogP contribution in [-0.4, -0.2) is 31.6 Å². The second-order valence-electron chi connectivity index (χ2n) is 8.18. The number of carbonyl (C=O) groups is 2. The number of pyridine rings is 1. The number of carbonyl (C=O) groups excluding carboxylic acids is 2. The van der Waals surface area contributed by atoms with Crippen molar-refractivity contribution in [2.24, 2.45) is 7.05 Å². The predicted molar refractivity (Wildman–Crippen MR) is 129 cm³/mol. The molecule has 1 N–H and O–H groups in total. The molecular formula is C25H23N5O5. The zero-order chi connectivity index (χ0) is 25.3. The highest BCUT2D eigenvalue weighted by Gasteiger charge is 2.29. The summed E-state index contributed by atoms with van der Waals surface area (Å²) in [5.41, 5.74) is 2.77. The maximum Gasteiger partial charge on any atom is 0.340 e. The summed E-state index contributed by atoms with van der Waals surface area (Å²) in [5, 5.41) is 18.9. The fraction of sp³-hybridized carbons (Fsp3) is 0.200. The molecule has 0 radical (unpaired) electrons. The van der Waals surface area contributed by atoms with Crippen LogP contribution in [0.5, 0.6) is 0 Å². The van der Waals surface area contributed by atoms with Crippen LogP contribution in [0.25, 0.3) is 11.0 Å². The molecule has 2 aromatic carbocycles. The molecule has 0 bridgehead atoms. The van der Waals surface area contributed by atoms with Gasteiger partial charge < -0.3 is 10.1 Å². The zero-order valence-corrected chi connectivity index (χ0v) is 19.6. The Morgan fingerprint density at radius 2 is 1.80 bits per heavy atom. The van der Waals surface area contributed by atoms with Gasteiger partial charge in [-0.15, -0.1) is 0 Å². The van der Waals surface area contributed by atoms with Crippen molar-refractivity contribution in [1.82, 2.24) is 14.8 Å². The number of esters is 1. The largest absolute Gasteiger partial charge is 0.444 e. The summed E-state index contributed by atoms with van der Waals surface area (Å²) < 4.78 is 7.30. The summed E-state index contributed by atoms with van der Waals surface area (Å²) in [6, 6.07) is 14.5. The second-order valence-corrected chi connectivity index (χ2v) is 8.18. The van der Waals surface area contributed by atoms with Crippen molar-refractivity contribution < 1.29 is 19.2 Å². The van der Waals surface area contributed by atoms with Crippen molar-refractivity contribution in [3.05, 3.63) is 92.8 Å². The Bertz CT molecular complexity index is 1460. The molecule has 2 aromatic heterocycles. The van der Waals surface area contributed by atoms with Crippen LogP contribution in [-0.2, 0) is 16.6 Å². The van der Waals surface area contributed by atoms with Crippen LogP contribution in [0.15, 0.2) is 54.6 Å². The van der Waals surface area contributed by atoms with Gasteiger partial charge in [-0.1, -0.05) is 36.4 Å². The van der Waals surface area contributed by atoms with Gasteiger partial charge >= 0.3 is 5.97 Å². The van der Waals surface area contributed by atoms with Crippen LogP contribution < -0.4 is 5.32 Å². The predicted octanol–water partition coefficient (Wildman–Crippen LogP) is 4.34. The number of nitrogens with one attached hydrogen (secondary N) is 1. The van der Waals surface area contributed by atoms with E-state index in [1.807, 2.05) is 0 Å². The zero-order valence-electron chi connectivity index (χ0n) is 19.6. The molecule has 4 aromatic rings. The van der Waals surface area contributed by atoms with Crippen LogP contribution in [0.3, 0.4) is 0 Å². The van der Waals surface area contributed by atoms with Gasteiger partial charge in [-0.05, 0) is 38.5 Å². The number of ether oxygens (including phenoxy) is 1. The van der Waals surface area contributed by atoms with Crippen molar-refractivity contribution in [2.75, 3.05) is 5.32 Å². The number of nitrogens with zero attached hydrogens (tertiary/aromatic N) is 4. The molecular weight excluding hydrogens is 450 g/mol. The van der Waals surface area contributed by atoms with Crippen molar-refractivity contribution in [3.63, 3.8) is 0 Å². The molecule has 0 spiro atoms. The molecule has 1 amide bonds. The molecule has 0 saturated heterocycles. The standard InChI is InChI=1S/C25H23N5O5/c1-14-10-11-19(20(12-14)30(33)34)27-24(31)22(17-8-6-5-7-9-17)35-25(32)18-13-15(2)26-23-21(18)16(3)28-29(23)4/h5-13,22H,1-4H3,(H,27,31). The molecule has 0 fully saturated rings. The summed E-state index contributed by atoms with van der Waals surface area (Å²) in [7, 11) is 1.73. The molecule has 0 aliphatic rings. The highest BCUT2D eigenvalue weighted by molar-refractivity contribution is 6.05. The van der Waals surface area contributed by atoms with Gasteiger partial charge in [-0.2, -0.15) is 5.10 Å². The van der Waals surface area contributed by atoms with Gasteiger partial charge in [0.15, 0.2) is 5.65 Å². The number of rotatable bonds is 6. The van der Waals surface area contributed by atoms with Gasteiger partial charge in [0.1, 0.15) is 5.69 Å². The number of nitro benzene ring substituents is 1. The third kappa shape index (κ3) is 4.72. The molecule has 0 aliphatic heterocycles. The molecule has 0 aliphatic carbocycles. The van der Waals surface area contributed by atoms with Gasteiger partial charge in [-0.3, -0.25) is 19.6 Å². The molecule has 178 valence electrons. The third-order valence-electron chi connectivity index (χ3n) is 5.49. The number of amides is 1. The average molecular weight is 473 g/mol. The van der Waals surface area contributed by atoms with Crippen LogP contribution in [0, 0.1) is 30.9 Å². The van der Waals surface area contributed by atoms with Gasteiger partial charge in [-0.25, -0.2) is 9.78 Å². The van der Waals surface area contributed by atoms with Gasteiger partial charge in [0, 0.05) is 24.4 Å². The normalized spacial score (nSPS) is 11.8. The average Bonchev–Trinajstić information content (AvgIpc) is 3.11. The lowest BCUT2D eigenvalue weighted by molar-refractivity contribution is -0.384. The molecule has 1 unspecified atom stereocenters. The van der Waals surface area contributed by atoms with Crippen LogP contribution in [0.2, 0.25) is 0 Å². The first kappa shape index (κ1) is 23.6. The van der Waals surface area contributed by atoms with Crippen molar-refractivity contribution in [2.45, 2.75) is 26.9 Å². The summed E-state index contributed by atoms with van der Waals surface area (Å²) in [6.45, 7) is 5.22. The van der Waals surface area contributed by atoms with Gasteiger partial charge in [0.2, 0.25) is 6.10 Å². The van der Waals surface area contributed by atoms with Crippen LogP contribution in [0.1, 0.15) is 39.0 Å². The number of aromatic nitrogens is 3. The van der Waals surface area contributed by atoms with E-state index in [9.17, 15) is 19.7 Å². The highest BCUT2D eigenvalue weighted by atomic mass is 16.6. The first-order valence-corrected chi connectivity index (χ1v) is 10.8. The van der Waals surface area contributed by atoms with Crippen molar-refractivity contribution in [1.29, 1.82) is 0 Å². The number of fused-ring (bicyclic) bond motifs is 1. The van der Waals surface area contributed by atoms with Crippen LogP contribution >= 0.6 is 0 Å². The fourth-order valence-electron chi connectivity index (χ4n) is 3.90. The first-order chi connectivity index (χ1) is 16.7. The summed E-state index contributed by atoms with van der Waals surface area (Å²) >= 11 is 0. The van der Waals surface area contributed by atoms with E-state index in [1.165, 1.54) is 12.1 Å². The Labute approximate surface area is 200 Å². The Balaban J connectivity index is 1.72. The highest BCUT2D eigenvalue weighted by Crippen LogP contribution is 2.29. The summed E-state index contributed by atoms with van der Waals surface area (Å²) in [6.07, 6.45) is -1.36. The lowest BCUT2D eigenvalue weighted by Gasteiger charge is -2.18. The molecule has 10 nitrogen and oxygen atoms in total. The fourth-order valence-corrected chi connectivity index (χ4v) is 3.90. The Hall–Kier alpha value is -4.60. The Kier molecular flexibility index (Phi) is 6.28. The van der Waals surface area contributed by atoms with E-state index in [1.54, 1.807) is 75.0 Å². The number of anilines is 1. The van der Waals surface area contributed by atoms with Crippen LogP contribution in [0.4, 0.5) is 11.4 Å². The minimum absolute atomic E-state index is 0.00725. The number of hydrogen-bond donors (Lipinski definition) is 1. The topological polar surface area (TPSA) is 129 Å². The third-order valence-corrected chi connectivity index (χ3v) is 5.49. The lowest BCUT2D eigenvalue weighted by Crippen LogP contribution is -2.26. The first-order valence-electron chi connectivity index (χ1n) is 10.8. The van der Waals surface area contributed by atoms with E-state index in [-0.39, 0.29) is 16.9 Å². The molecule has 0 saturated carbocycles. The smallest absolute Gasteiger partial charge is 0.340 e. The summed E-state index contributed by atoms with van der Waals surface area (Å²) in [5.74, 6) is -1.46. The molecule has 2 heterocycles. The molecule has 4 rings (SSSR count). The van der Waals surface area contributed by atoms with Crippen molar-refractivity contribution in [3.8, 4) is 0 Å². The van der Waals surface area contributed by atoms with E-state index in [2.05, 4.69) is 15.4 Å². The van der Waals surface area contributed by atoms with E-state index >= 15 is 0 Å². The second kappa shape index (κ2) is 9.34. The van der Waals surface area contributed by atoms with Gasteiger partial charge in [0.25, 0.3) is 11.6 Å². The van der Waals surface area contributed by atoms with Gasteiger partial charge in [0.05, 0.1) is 21.6 Å². The molecule has 1 atom stereocenters. The number of benzene rings is 2. The minimum atomic E-state index is -1.36. The lowest BCUT2D eigenvalue weighted by atomic mass is 10.1. The maximum atomic E-state index is 13.4. The monoisotopic (exact) mass is 473 g/mol. The van der Waals surface area contributed by atoms with E-state index in [0.29, 0.717) is 33.5 Å². The van der Waals surface area contributed by atoms with E-state index in [0.717, 1.165) is 0 Å².